The Hall–Kier alpha value is -2.12. The number of aromatic amines is 1. The number of benzene rings is 1. The van der Waals surface area contributed by atoms with Crippen molar-refractivity contribution in [3.8, 4) is 16.6 Å². The van der Waals surface area contributed by atoms with Gasteiger partial charge >= 0.3 is 0 Å². The van der Waals surface area contributed by atoms with Gasteiger partial charge in [-0.1, -0.05) is 18.2 Å². The zero-order valence-electron chi connectivity index (χ0n) is 10.1. The third kappa shape index (κ3) is 1.52. The number of nitrogens with zero attached hydrogens (tertiary/aromatic N) is 2. The number of para-hydroxylation sites is 1. The van der Waals surface area contributed by atoms with Crippen LogP contribution in [0.2, 0.25) is 0 Å². The molecule has 4 heteroatoms. The molecule has 0 unspecified atom stereocenters. The first-order valence-corrected chi connectivity index (χ1v) is 6.47. The van der Waals surface area contributed by atoms with Gasteiger partial charge in [-0.05, 0) is 19.9 Å². The minimum absolute atomic E-state index is 0.690. The molecule has 1 N–H and O–H groups in total. The molecular formula is C14H11N3S. The summed E-state index contributed by atoms with van der Waals surface area (Å²) < 4.78 is 0. The maximum atomic E-state index is 9.02. The van der Waals surface area contributed by atoms with E-state index in [1.165, 1.54) is 11.3 Å². The summed E-state index contributed by atoms with van der Waals surface area (Å²) in [6.07, 6.45) is 0. The Morgan fingerprint density at radius 3 is 2.78 bits per heavy atom. The Kier molecular flexibility index (Phi) is 2.42. The second kappa shape index (κ2) is 3.97. The summed E-state index contributed by atoms with van der Waals surface area (Å²) in [7, 11) is 0. The van der Waals surface area contributed by atoms with E-state index in [-0.39, 0.29) is 0 Å². The highest BCUT2D eigenvalue weighted by molar-refractivity contribution is 7.15. The van der Waals surface area contributed by atoms with Crippen molar-refractivity contribution in [2.24, 2.45) is 0 Å². The average Bonchev–Trinajstić information content (AvgIpc) is 2.88. The Bertz CT molecular complexity index is 774. The molecule has 0 bridgehead atoms. The van der Waals surface area contributed by atoms with Crippen LogP contribution in [0.3, 0.4) is 0 Å². The highest BCUT2D eigenvalue weighted by Crippen LogP contribution is 2.35. The lowest BCUT2D eigenvalue weighted by Crippen LogP contribution is -1.79. The molecular weight excluding hydrogens is 242 g/mol. The van der Waals surface area contributed by atoms with Gasteiger partial charge in [0.1, 0.15) is 16.0 Å². The molecule has 0 aliphatic carbocycles. The van der Waals surface area contributed by atoms with Crippen LogP contribution in [0.4, 0.5) is 0 Å². The van der Waals surface area contributed by atoms with Crippen molar-refractivity contribution in [2.75, 3.05) is 0 Å². The molecule has 0 aliphatic heterocycles. The monoisotopic (exact) mass is 253 g/mol. The van der Waals surface area contributed by atoms with Gasteiger partial charge in [0.15, 0.2) is 0 Å². The van der Waals surface area contributed by atoms with Crippen LogP contribution in [0.1, 0.15) is 16.3 Å². The zero-order chi connectivity index (χ0) is 12.7. The summed E-state index contributed by atoms with van der Waals surface area (Å²) in [5.74, 6) is 0. The Balaban J connectivity index is 2.31. The van der Waals surface area contributed by atoms with E-state index < -0.39 is 0 Å². The molecule has 0 radical (unpaired) electrons. The first kappa shape index (κ1) is 11.0. The highest BCUT2D eigenvalue weighted by atomic mass is 32.1. The fourth-order valence-electron chi connectivity index (χ4n) is 2.16. The molecule has 3 nitrogen and oxygen atoms in total. The van der Waals surface area contributed by atoms with E-state index in [1.807, 2.05) is 26.0 Å². The van der Waals surface area contributed by atoms with Crippen molar-refractivity contribution in [3.63, 3.8) is 0 Å². The molecule has 0 spiro atoms. The topological polar surface area (TPSA) is 52.5 Å². The Morgan fingerprint density at radius 2 is 2.06 bits per heavy atom. The molecule has 1 aromatic carbocycles. The zero-order valence-corrected chi connectivity index (χ0v) is 10.9. The molecule has 3 aromatic rings. The van der Waals surface area contributed by atoms with Gasteiger partial charge in [-0.3, -0.25) is 0 Å². The fraction of sp³-hybridized carbons (Fsp3) is 0.143. The molecule has 2 heterocycles. The lowest BCUT2D eigenvalue weighted by atomic mass is 10.1. The average molecular weight is 253 g/mol. The minimum atomic E-state index is 0.690. The van der Waals surface area contributed by atoms with Crippen LogP contribution in [0.25, 0.3) is 21.5 Å². The van der Waals surface area contributed by atoms with Crippen molar-refractivity contribution >= 4 is 22.2 Å². The van der Waals surface area contributed by atoms with Gasteiger partial charge < -0.3 is 4.98 Å². The van der Waals surface area contributed by atoms with E-state index in [4.69, 9.17) is 5.26 Å². The van der Waals surface area contributed by atoms with Crippen LogP contribution in [-0.4, -0.2) is 9.97 Å². The van der Waals surface area contributed by atoms with E-state index in [0.29, 0.717) is 4.88 Å². The van der Waals surface area contributed by atoms with Crippen LogP contribution in [-0.2, 0) is 0 Å². The largest absolute Gasteiger partial charge is 0.358 e. The standard InChI is InChI=1S/C14H11N3S/c1-8-12(7-15)18-14(17-8)13-9(2)16-11-6-4-3-5-10(11)13/h3-6,16H,1-2H3. The molecule has 18 heavy (non-hydrogen) atoms. The van der Waals surface area contributed by atoms with Gasteiger partial charge in [-0.15, -0.1) is 11.3 Å². The summed E-state index contributed by atoms with van der Waals surface area (Å²) in [5.41, 5.74) is 4.12. The molecule has 0 atom stereocenters. The Morgan fingerprint density at radius 1 is 1.28 bits per heavy atom. The summed E-state index contributed by atoms with van der Waals surface area (Å²) in [5, 5.41) is 11.1. The number of nitriles is 1. The number of aryl methyl sites for hydroxylation is 2. The smallest absolute Gasteiger partial charge is 0.128 e. The maximum absolute atomic E-state index is 9.02. The molecule has 3 rings (SSSR count). The predicted octanol–water partition coefficient (Wildman–Crippen LogP) is 3.78. The number of hydrogen-bond donors (Lipinski definition) is 1. The van der Waals surface area contributed by atoms with Gasteiger partial charge in [0.25, 0.3) is 0 Å². The quantitative estimate of drug-likeness (QED) is 0.717. The summed E-state index contributed by atoms with van der Waals surface area (Å²) in [6, 6.07) is 10.4. The normalized spacial score (nSPS) is 10.7. The number of thiazole rings is 1. The van der Waals surface area contributed by atoms with Crippen molar-refractivity contribution in [2.45, 2.75) is 13.8 Å². The molecule has 0 aliphatic rings. The van der Waals surface area contributed by atoms with Gasteiger partial charge in [-0.2, -0.15) is 5.26 Å². The van der Waals surface area contributed by atoms with E-state index >= 15 is 0 Å². The van der Waals surface area contributed by atoms with Gasteiger partial charge in [-0.25, -0.2) is 4.98 Å². The van der Waals surface area contributed by atoms with Crippen LogP contribution >= 0.6 is 11.3 Å². The van der Waals surface area contributed by atoms with Crippen LogP contribution in [0.5, 0.6) is 0 Å². The molecule has 0 saturated carbocycles. The van der Waals surface area contributed by atoms with E-state index in [1.54, 1.807) is 0 Å². The van der Waals surface area contributed by atoms with Crippen LogP contribution in [0.15, 0.2) is 24.3 Å². The number of fused-ring (bicyclic) bond motifs is 1. The summed E-state index contributed by atoms with van der Waals surface area (Å²) >= 11 is 1.45. The first-order chi connectivity index (χ1) is 8.70. The number of aromatic nitrogens is 2. The molecule has 0 amide bonds. The number of rotatable bonds is 1. The van der Waals surface area contributed by atoms with Crippen molar-refractivity contribution < 1.29 is 0 Å². The van der Waals surface area contributed by atoms with Crippen LogP contribution < -0.4 is 0 Å². The first-order valence-electron chi connectivity index (χ1n) is 5.66. The third-order valence-corrected chi connectivity index (χ3v) is 4.09. The SMILES string of the molecule is Cc1nc(-c2c(C)[nH]c3ccccc23)sc1C#N. The molecule has 88 valence electrons. The maximum Gasteiger partial charge on any atom is 0.128 e. The van der Waals surface area contributed by atoms with Crippen molar-refractivity contribution in [3.05, 3.63) is 40.5 Å². The summed E-state index contributed by atoms with van der Waals surface area (Å²) in [6.45, 7) is 3.92. The van der Waals surface area contributed by atoms with Gasteiger partial charge in [0, 0.05) is 22.2 Å². The second-order valence-corrected chi connectivity index (χ2v) is 5.22. The van der Waals surface area contributed by atoms with Crippen molar-refractivity contribution in [1.82, 2.24) is 9.97 Å². The predicted molar refractivity (Wildman–Crippen MR) is 73.6 cm³/mol. The van der Waals surface area contributed by atoms with Crippen LogP contribution in [0, 0.1) is 25.2 Å². The van der Waals surface area contributed by atoms with E-state index in [2.05, 4.69) is 28.2 Å². The Labute approximate surface area is 109 Å². The van der Waals surface area contributed by atoms with Gasteiger partial charge in [0.05, 0.1) is 5.69 Å². The van der Waals surface area contributed by atoms with E-state index in [0.717, 1.165) is 32.9 Å². The van der Waals surface area contributed by atoms with Crippen molar-refractivity contribution in [1.29, 1.82) is 5.26 Å². The fourth-order valence-corrected chi connectivity index (χ4v) is 3.14. The lowest BCUT2D eigenvalue weighted by Gasteiger charge is -1.95. The molecule has 0 saturated heterocycles. The molecule has 0 fully saturated rings. The number of nitrogens with one attached hydrogen (secondary N) is 1. The number of H-pyrrole nitrogens is 1. The highest BCUT2D eigenvalue weighted by Gasteiger charge is 2.15. The van der Waals surface area contributed by atoms with E-state index in [9.17, 15) is 0 Å². The third-order valence-electron chi connectivity index (χ3n) is 3.01. The molecule has 2 aromatic heterocycles. The number of hydrogen-bond acceptors (Lipinski definition) is 3. The summed E-state index contributed by atoms with van der Waals surface area (Å²) in [4.78, 5) is 8.56. The second-order valence-electron chi connectivity index (χ2n) is 4.22. The van der Waals surface area contributed by atoms with Gasteiger partial charge in [0.2, 0.25) is 0 Å². The minimum Gasteiger partial charge on any atom is -0.358 e. The lowest BCUT2D eigenvalue weighted by molar-refractivity contribution is 1.24.